The lowest BCUT2D eigenvalue weighted by Crippen LogP contribution is -2.44. The van der Waals surface area contributed by atoms with E-state index in [-0.39, 0.29) is 0 Å². The summed E-state index contributed by atoms with van der Waals surface area (Å²) in [5.74, 6) is 0. The van der Waals surface area contributed by atoms with Crippen molar-refractivity contribution in [3.8, 4) is 0 Å². The first kappa shape index (κ1) is 13.5. The fourth-order valence-electron chi connectivity index (χ4n) is 2.50. The van der Waals surface area contributed by atoms with E-state index in [1.165, 1.54) is 11.1 Å². The van der Waals surface area contributed by atoms with Gasteiger partial charge in [-0.25, -0.2) is 0 Å². The Balaban J connectivity index is 1.87. The summed E-state index contributed by atoms with van der Waals surface area (Å²) in [5.41, 5.74) is 2.89. The summed E-state index contributed by atoms with van der Waals surface area (Å²) < 4.78 is 5.74. The van der Waals surface area contributed by atoms with E-state index >= 15 is 0 Å². The molecule has 0 saturated carbocycles. The molecule has 1 aliphatic rings. The van der Waals surface area contributed by atoms with E-state index < -0.39 is 0 Å². The van der Waals surface area contributed by atoms with Crippen LogP contribution < -0.4 is 5.32 Å². The van der Waals surface area contributed by atoms with E-state index in [4.69, 9.17) is 4.74 Å². The molecule has 1 atom stereocenters. The summed E-state index contributed by atoms with van der Waals surface area (Å²) in [7, 11) is 2.17. The van der Waals surface area contributed by atoms with Gasteiger partial charge in [0.15, 0.2) is 0 Å². The van der Waals surface area contributed by atoms with Crippen LogP contribution >= 0.6 is 0 Å². The highest BCUT2D eigenvalue weighted by Gasteiger charge is 2.15. The summed E-state index contributed by atoms with van der Waals surface area (Å²) in [6.07, 6.45) is 1.43. The molecular weight excluding hydrogens is 224 g/mol. The molecule has 0 aliphatic carbocycles. The molecule has 2 rings (SSSR count). The topological polar surface area (TPSA) is 24.5 Å². The van der Waals surface area contributed by atoms with Gasteiger partial charge in [-0.3, -0.25) is 4.90 Å². The Morgan fingerprint density at radius 1 is 1.33 bits per heavy atom. The predicted molar refractivity (Wildman–Crippen MR) is 74.8 cm³/mol. The Kier molecular flexibility index (Phi) is 5.17. The summed E-state index contributed by atoms with van der Waals surface area (Å²) in [5, 5.41) is 3.37. The molecule has 1 aromatic rings. The molecule has 1 saturated heterocycles. The highest BCUT2D eigenvalue weighted by atomic mass is 16.5. The number of ether oxygens (including phenoxy) is 1. The van der Waals surface area contributed by atoms with E-state index in [0.29, 0.717) is 6.10 Å². The average molecular weight is 248 g/mol. The molecule has 1 aromatic carbocycles. The molecule has 100 valence electrons. The molecule has 18 heavy (non-hydrogen) atoms. The summed E-state index contributed by atoms with van der Waals surface area (Å²) in [6.45, 7) is 7.00. The minimum Gasteiger partial charge on any atom is -0.374 e. The van der Waals surface area contributed by atoms with Crippen molar-refractivity contribution in [2.45, 2.75) is 26.0 Å². The second-order valence-corrected chi connectivity index (χ2v) is 5.02. The molecule has 0 amide bonds. The Hall–Kier alpha value is -0.900. The van der Waals surface area contributed by atoms with Crippen LogP contribution in [-0.4, -0.2) is 44.3 Å². The number of rotatable bonds is 5. The van der Waals surface area contributed by atoms with Gasteiger partial charge in [-0.1, -0.05) is 31.2 Å². The first-order valence-electron chi connectivity index (χ1n) is 6.87. The lowest BCUT2D eigenvalue weighted by atomic mass is 10.0. The lowest BCUT2D eigenvalue weighted by molar-refractivity contribution is 0.00881. The van der Waals surface area contributed by atoms with Gasteiger partial charge in [-0.15, -0.1) is 0 Å². The highest BCUT2D eigenvalue weighted by Crippen LogP contribution is 2.12. The molecule has 0 bridgehead atoms. The van der Waals surface area contributed by atoms with Crippen molar-refractivity contribution in [3.05, 3.63) is 35.4 Å². The van der Waals surface area contributed by atoms with Crippen molar-refractivity contribution < 1.29 is 4.74 Å². The third-order valence-electron chi connectivity index (χ3n) is 3.46. The predicted octanol–water partition coefficient (Wildman–Crippen LogP) is 1.67. The van der Waals surface area contributed by atoms with Crippen LogP contribution in [0, 0.1) is 0 Å². The van der Waals surface area contributed by atoms with E-state index in [1.54, 1.807) is 0 Å². The molecule has 3 heteroatoms. The van der Waals surface area contributed by atoms with Crippen LogP contribution in [0.4, 0.5) is 0 Å². The van der Waals surface area contributed by atoms with Crippen molar-refractivity contribution >= 4 is 0 Å². The van der Waals surface area contributed by atoms with Gasteiger partial charge in [-0.05, 0) is 24.6 Å². The minimum absolute atomic E-state index is 0.331. The van der Waals surface area contributed by atoms with Gasteiger partial charge < -0.3 is 10.1 Å². The van der Waals surface area contributed by atoms with Gasteiger partial charge in [0.25, 0.3) is 0 Å². The van der Waals surface area contributed by atoms with E-state index in [2.05, 4.69) is 48.5 Å². The lowest BCUT2D eigenvalue weighted by Gasteiger charge is -2.28. The van der Waals surface area contributed by atoms with Crippen LogP contribution in [-0.2, 0) is 17.7 Å². The van der Waals surface area contributed by atoms with E-state index in [0.717, 1.165) is 39.2 Å². The SMILES string of the molecule is CCc1ccccc1CN(C)CC1CNCCO1. The second kappa shape index (κ2) is 6.88. The quantitative estimate of drug-likeness (QED) is 0.858. The summed E-state index contributed by atoms with van der Waals surface area (Å²) in [4.78, 5) is 2.35. The maximum absolute atomic E-state index is 5.74. The van der Waals surface area contributed by atoms with Gasteiger partial charge in [-0.2, -0.15) is 0 Å². The van der Waals surface area contributed by atoms with Crippen molar-refractivity contribution in [1.82, 2.24) is 10.2 Å². The van der Waals surface area contributed by atoms with Crippen LogP contribution in [0.1, 0.15) is 18.1 Å². The Morgan fingerprint density at radius 3 is 2.78 bits per heavy atom. The summed E-state index contributed by atoms with van der Waals surface area (Å²) in [6, 6.07) is 8.70. The van der Waals surface area contributed by atoms with Crippen LogP contribution in [0.5, 0.6) is 0 Å². The van der Waals surface area contributed by atoms with Crippen molar-refractivity contribution in [1.29, 1.82) is 0 Å². The van der Waals surface area contributed by atoms with E-state index in [9.17, 15) is 0 Å². The molecule has 1 unspecified atom stereocenters. The molecule has 0 aromatic heterocycles. The largest absolute Gasteiger partial charge is 0.374 e. The normalized spacial score (nSPS) is 20.3. The van der Waals surface area contributed by atoms with Crippen LogP contribution in [0.3, 0.4) is 0 Å². The standard InChI is InChI=1S/C15H24N2O/c1-3-13-6-4-5-7-14(13)11-17(2)12-15-10-16-8-9-18-15/h4-7,15-16H,3,8-12H2,1-2H3. The number of hydrogen-bond acceptors (Lipinski definition) is 3. The molecule has 3 nitrogen and oxygen atoms in total. The number of nitrogens with one attached hydrogen (secondary N) is 1. The monoisotopic (exact) mass is 248 g/mol. The number of hydrogen-bond donors (Lipinski definition) is 1. The smallest absolute Gasteiger partial charge is 0.0826 e. The third kappa shape index (κ3) is 3.80. The highest BCUT2D eigenvalue weighted by molar-refractivity contribution is 5.26. The molecule has 0 radical (unpaired) electrons. The van der Waals surface area contributed by atoms with Gasteiger partial charge >= 0.3 is 0 Å². The molecule has 1 N–H and O–H groups in total. The number of morpholine rings is 1. The molecular formula is C15H24N2O. The van der Waals surface area contributed by atoms with E-state index in [1.807, 2.05) is 0 Å². The zero-order chi connectivity index (χ0) is 12.8. The van der Waals surface area contributed by atoms with Gasteiger partial charge in [0.05, 0.1) is 12.7 Å². The zero-order valence-electron chi connectivity index (χ0n) is 11.5. The van der Waals surface area contributed by atoms with Crippen LogP contribution in [0.25, 0.3) is 0 Å². The number of aryl methyl sites for hydroxylation is 1. The fourth-order valence-corrected chi connectivity index (χ4v) is 2.50. The number of nitrogens with zero attached hydrogens (tertiary/aromatic N) is 1. The maximum atomic E-state index is 5.74. The van der Waals surface area contributed by atoms with Crippen molar-refractivity contribution in [2.75, 3.05) is 33.3 Å². The third-order valence-corrected chi connectivity index (χ3v) is 3.46. The van der Waals surface area contributed by atoms with Crippen molar-refractivity contribution in [3.63, 3.8) is 0 Å². The Morgan fingerprint density at radius 2 is 2.11 bits per heavy atom. The fraction of sp³-hybridized carbons (Fsp3) is 0.600. The minimum atomic E-state index is 0.331. The first-order chi connectivity index (χ1) is 8.79. The Labute approximate surface area is 110 Å². The Bertz CT molecular complexity index is 361. The first-order valence-corrected chi connectivity index (χ1v) is 6.87. The summed E-state index contributed by atoms with van der Waals surface area (Å²) >= 11 is 0. The van der Waals surface area contributed by atoms with Gasteiger partial charge in [0, 0.05) is 26.2 Å². The van der Waals surface area contributed by atoms with Crippen LogP contribution in [0.2, 0.25) is 0 Å². The molecule has 1 fully saturated rings. The van der Waals surface area contributed by atoms with Crippen LogP contribution in [0.15, 0.2) is 24.3 Å². The van der Waals surface area contributed by atoms with Gasteiger partial charge in [0.1, 0.15) is 0 Å². The number of likely N-dealkylation sites (N-methyl/N-ethyl adjacent to an activating group) is 1. The maximum Gasteiger partial charge on any atom is 0.0826 e. The van der Waals surface area contributed by atoms with Crippen molar-refractivity contribution in [2.24, 2.45) is 0 Å². The number of benzene rings is 1. The average Bonchev–Trinajstić information content (AvgIpc) is 2.40. The zero-order valence-corrected chi connectivity index (χ0v) is 11.5. The molecule has 1 aliphatic heterocycles. The molecule has 1 heterocycles. The molecule has 0 spiro atoms. The second-order valence-electron chi connectivity index (χ2n) is 5.02. The van der Waals surface area contributed by atoms with Gasteiger partial charge in [0.2, 0.25) is 0 Å².